The molecule has 0 heterocycles. The molecule has 0 aromatic rings. The molecule has 0 bridgehead atoms. The van der Waals surface area contributed by atoms with E-state index in [9.17, 15) is 0 Å². The Hall–Kier alpha value is 0.423. The van der Waals surface area contributed by atoms with Gasteiger partial charge in [0.1, 0.15) is 0 Å². The Morgan fingerprint density at radius 2 is 1.80 bits per heavy atom. The van der Waals surface area contributed by atoms with Gasteiger partial charge < -0.3 is 24.8 Å². The van der Waals surface area contributed by atoms with E-state index in [0.29, 0.717) is 0 Å². The minimum atomic E-state index is 0. The summed E-state index contributed by atoms with van der Waals surface area (Å²) in [5.41, 5.74) is 5.78. The molecule has 0 nitrogen and oxygen atoms in total. The molecule has 2 rings (SSSR count). The van der Waals surface area contributed by atoms with Crippen molar-refractivity contribution in [3.05, 3.63) is 46.6 Å². The third-order valence-corrected chi connectivity index (χ3v) is 2.70. The van der Waals surface area contributed by atoms with E-state index in [1.54, 1.807) is 0 Å². The maximum Gasteiger partial charge on any atom is 3.00 e. The first-order valence-corrected chi connectivity index (χ1v) is 4.43. The van der Waals surface area contributed by atoms with E-state index in [2.05, 4.69) is 38.2 Å². The van der Waals surface area contributed by atoms with Gasteiger partial charge in [-0.3, -0.25) is 6.08 Å². The van der Waals surface area contributed by atoms with Crippen LogP contribution in [0.2, 0.25) is 0 Å². The van der Waals surface area contributed by atoms with Crippen LogP contribution >= 0.6 is 0 Å². The third-order valence-electron chi connectivity index (χ3n) is 2.70. The Balaban J connectivity index is 0. The van der Waals surface area contributed by atoms with Gasteiger partial charge in [-0.2, -0.15) is 11.6 Å². The first-order valence-electron chi connectivity index (χ1n) is 4.43. The fourth-order valence-electron chi connectivity index (χ4n) is 1.74. The van der Waals surface area contributed by atoms with Crippen LogP contribution in [0.15, 0.2) is 40.5 Å². The van der Waals surface area contributed by atoms with Crippen molar-refractivity contribution >= 4 is 0 Å². The standard InChI is InChI=1S/C12H13.2ClH.Zr/c1-9-7-8-12(10(9)2)11-5-3-4-6-11;;;/h5-7H,3,8H2,1-2H3;2*1H;/q-1;;;+3/p-2. The molecule has 0 amide bonds. The summed E-state index contributed by atoms with van der Waals surface area (Å²) in [6, 6.07) is 0. The molecule has 0 saturated heterocycles. The average Bonchev–Trinajstić information content (AvgIpc) is 2.64. The van der Waals surface area contributed by atoms with Crippen molar-refractivity contribution in [2.45, 2.75) is 26.7 Å². The maximum absolute atomic E-state index is 3.21. The number of halogens is 2. The molecule has 15 heavy (non-hydrogen) atoms. The van der Waals surface area contributed by atoms with Gasteiger partial charge >= 0.3 is 26.2 Å². The summed E-state index contributed by atoms with van der Waals surface area (Å²) in [5, 5.41) is 0. The van der Waals surface area contributed by atoms with Gasteiger partial charge in [0.2, 0.25) is 0 Å². The van der Waals surface area contributed by atoms with Gasteiger partial charge in [0.05, 0.1) is 0 Å². The molecule has 0 aromatic carbocycles. The maximum atomic E-state index is 3.21. The molecule has 0 aromatic heterocycles. The molecule has 0 aliphatic heterocycles. The molecule has 0 saturated carbocycles. The van der Waals surface area contributed by atoms with Crippen LogP contribution < -0.4 is 24.8 Å². The third kappa shape index (κ3) is 3.73. The predicted octanol–water partition coefficient (Wildman–Crippen LogP) is -2.65. The molecule has 3 heteroatoms. The van der Waals surface area contributed by atoms with Gasteiger partial charge in [-0.1, -0.05) is 17.2 Å². The largest absolute Gasteiger partial charge is 3.00 e. The molecule has 2 aliphatic carbocycles. The molecule has 79 valence electrons. The normalized spacial score (nSPS) is 17.5. The van der Waals surface area contributed by atoms with Crippen molar-refractivity contribution in [3.63, 3.8) is 0 Å². The molecular weight excluding hydrogens is 306 g/mol. The van der Waals surface area contributed by atoms with Crippen LogP contribution in [-0.2, 0) is 26.2 Å². The molecule has 0 atom stereocenters. The van der Waals surface area contributed by atoms with Crippen LogP contribution in [0.5, 0.6) is 0 Å². The van der Waals surface area contributed by atoms with E-state index < -0.39 is 0 Å². The zero-order valence-electron chi connectivity index (χ0n) is 8.90. The second-order valence-corrected chi connectivity index (χ2v) is 3.41. The van der Waals surface area contributed by atoms with Gasteiger partial charge in [0.15, 0.2) is 0 Å². The summed E-state index contributed by atoms with van der Waals surface area (Å²) in [5.74, 6) is 0. The number of hydrogen-bond acceptors (Lipinski definition) is 0. The summed E-state index contributed by atoms with van der Waals surface area (Å²) in [7, 11) is 0. The van der Waals surface area contributed by atoms with Crippen LogP contribution in [0.3, 0.4) is 0 Å². The van der Waals surface area contributed by atoms with E-state index in [1.165, 1.54) is 22.3 Å². The Kier molecular flexibility index (Phi) is 9.09. The summed E-state index contributed by atoms with van der Waals surface area (Å²) >= 11 is 0. The Morgan fingerprint density at radius 1 is 1.13 bits per heavy atom. The van der Waals surface area contributed by atoms with Crippen molar-refractivity contribution < 1.29 is 51.0 Å². The van der Waals surface area contributed by atoms with Gasteiger partial charge in [0, 0.05) is 0 Å². The summed E-state index contributed by atoms with van der Waals surface area (Å²) < 4.78 is 0. The second-order valence-electron chi connectivity index (χ2n) is 3.41. The van der Waals surface area contributed by atoms with E-state index >= 15 is 0 Å². The second kappa shape index (κ2) is 7.66. The van der Waals surface area contributed by atoms with E-state index in [0.717, 1.165) is 12.8 Å². The van der Waals surface area contributed by atoms with Crippen molar-refractivity contribution in [3.8, 4) is 0 Å². The minimum absolute atomic E-state index is 0. The van der Waals surface area contributed by atoms with Gasteiger partial charge in [-0.05, 0) is 20.3 Å². The van der Waals surface area contributed by atoms with Gasteiger partial charge in [0.25, 0.3) is 0 Å². The van der Waals surface area contributed by atoms with Crippen molar-refractivity contribution in [2.24, 2.45) is 0 Å². The summed E-state index contributed by atoms with van der Waals surface area (Å²) in [6.07, 6.45) is 12.0. The molecule has 0 N–H and O–H groups in total. The predicted molar refractivity (Wildman–Crippen MR) is 51.6 cm³/mol. The first kappa shape index (κ1) is 17.8. The minimum Gasteiger partial charge on any atom is -1.00 e. The van der Waals surface area contributed by atoms with Gasteiger partial charge in [-0.25, -0.2) is 6.08 Å². The fourth-order valence-corrected chi connectivity index (χ4v) is 1.74. The number of hydrogen-bond donors (Lipinski definition) is 0. The quantitative estimate of drug-likeness (QED) is 0.463. The van der Waals surface area contributed by atoms with E-state index in [-0.39, 0.29) is 51.0 Å². The van der Waals surface area contributed by atoms with Crippen LogP contribution in [-0.4, -0.2) is 0 Å². The van der Waals surface area contributed by atoms with Gasteiger partial charge in [-0.15, -0.1) is 12.0 Å². The zero-order chi connectivity index (χ0) is 8.55. The van der Waals surface area contributed by atoms with Crippen LogP contribution in [0.25, 0.3) is 0 Å². The molecule has 0 spiro atoms. The molecule has 0 unspecified atom stereocenters. The topological polar surface area (TPSA) is 0 Å². The van der Waals surface area contributed by atoms with Crippen molar-refractivity contribution in [1.29, 1.82) is 0 Å². The Bertz CT molecular complexity index is 336. The average molecular weight is 319 g/mol. The number of rotatable bonds is 1. The first-order chi connectivity index (χ1) is 5.79. The number of allylic oxidation sites excluding steroid dienone is 8. The van der Waals surface area contributed by atoms with Crippen molar-refractivity contribution in [1.82, 2.24) is 0 Å². The molecule has 2 aliphatic rings. The molecular formula is C12H13Cl2Zr. The fraction of sp³-hybridized carbons (Fsp3) is 0.333. The SMILES string of the molecule is CC1=CCC(C2=CC[C-]=C2)=C1C.[Cl-].[Cl-].[Zr+3]. The van der Waals surface area contributed by atoms with Crippen LogP contribution in [0.4, 0.5) is 0 Å². The Morgan fingerprint density at radius 3 is 2.20 bits per heavy atom. The monoisotopic (exact) mass is 317 g/mol. The zero-order valence-corrected chi connectivity index (χ0v) is 12.9. The Labute approximate surface area is 124 Å². The summed E-state index contributed by atoms with van der Waals surface area (Å²) in [6.45, 7) is 4.40. The van der Waals surface area contributed by atoms with Crippen molar-refractivity contribution in [2.75, 3.05) is 0 Å². The summed E-state index contributed by atoms with van der Waals surface area (Å²) in [4.78, 5) is 0. The van der Waals surface area contributed by atoms with Crippen LogP contribution in [0.1, 0.15) is 26.7 Å². The van der Waals surface area contributed by atoms with Crippen LogP contribution in [0, 0.1) is 6.08 Å². The molecule has 0 fully saturated rings. The van der Waals surface area contributed by atoms with E-state index in [4.69, 9.17) is 0 Å². The molecule has 1 radical (unpaired) electrons. The smallest absolute Gasteiger partial charge is 1.00 e. The van der Waals surface area contributed by atoms with E-state index in [1.807, 2.05) is 0 Å².